The SMILES string of the molecule is CSCc1sccc1Cl. The van der Waals surface area contributed by atoms with Gasteiger partial charge in [0.05, 0.1) is 5.02 Å². The first-order valence-electron chi connectivity index (χ1n) is 2.55. The van der Waals surface area contributed by atoms with Crippen LogP contribution in [-0.2, 0) is 5.75 Å². The molecule has 0 radical (unpaired) electrons. The average molecular weight is 179 g/mol. The minimum absolute atomic E-state index is 0.911. The molecule has 0 amide bonds. The lowest BCUT2D eigenvalue weighted by atomic mass is 10.5. The molecule has 0 unspecified atom stereocenters. The topological polar surface area (TPSA) is 0 Å². The summed E-state index contributed by atoms with van der Waals surface area (Å²) in [6.45, 7) is 0. The van der Waals surface area contributed by atoms with Gasteiger partial charge in [-0.05, 0) is 17.7 Å². The molecule has 0 aromatic carbocycles. The molecule has 0 aliphatic heterocycles. The molecule has 3 heteroatoms. The molecule has 0 N–H and O–H groups in total. The molecule has 0 aliphatic carbocycles. The van der Waals surface area contributed by atoms with Gasteiger partial charge >= 0.3 is 0 Å². The van der Waals surface area contributed by atoms with E-state index in [9.17, 15) is 0 Å². The Morgan fingerprint density at radius 3 is 3.00 bits per heavy atom. The number of thiophene rings is 1. The molecule has 0 atom stereocenters. The molecule has 50 valence electrons. The molecule has 0 bridgehead atoms. The van der Waals surface area contributed by atoms with Crippen molar-refractivity contribution in [1.82, 2.24) is 0 Å². The molecule has 1 heterocycles. The lowest BCUT2D eigenvalue weighted by Gasteiger charge is -1.90. The highest BCUT2D eigenvalue weighted by atomic mass is 35.5. The largest absolute Gasteiger partial charge is 0.160 e. The van der Waals surface area contributed by atoms with Crippen molar-refractivity contribution in [3.8, 4) is 0 Å². The maximum absolute atomic E-state index is 5.82. The van der Waals surface area contributed by atoms with Crippen LogP contribution >= 0.6 is 34.7 Å². The van der Waals surface area contributed by atoms with Crippen molar-refractivity contribution >= 4 is 34.7 Å². The van der Waals surface area contributed by atoms with E-state index in [1.54, 1.807) is 23.1 Å². The molecule has 9 heavy (non-hydrogen) atoms. The number of hydrogen-bond donors (Lipinski definition) is 0. The second-order valence-corrected chi connectivity index (χ2v) is 3.90. The maximum Gasteiger partial charge on any atom is 0.0553 e. The summed E-state index contributed by atoms with van der Waals surface area (Å²) in [6, 6.07) is 1.94. The number of thioether (sulfide) groups is 1. The number of halogens is 1. The predicted molar refractivity (Wildman–Crippen MR) is 46.5 cm³/mol. The van der Waals surface area contributed by atoms with Crippen LogP contribution in [0.2, 0.25) is 5.02 Å². The Bertz CT molecular complexity index is 183. The number of hydrogen-bond acceptors (Lipinski definition) is 2. The van der Waals surface area contributed by atoms with Gasteiger partial charge in [-0.1, -0.05) is 11.6 Å². The van der Waals surface area contributed by atoms with E-state index >= 15 is 0 Å². The standard InChI is InChI=1S/C6H7ClS2/c1-8-4-6-5(7)2-3-9-6/h2-3H,4H2,1H3. The van der Waals surface area contributed by atoms with E-state index in [-0.39, 0.29) is 0 Å². The molecule has 0 aliphatic rings. The molecule has 0 nitrogen and oxygen atoms in total. The molecular weight excluding hydrogens is 172 g/mol. The van der Waals surface area contributed by atoms with Crippen LogP contribution in [0, 0.1) is 0 Å². The summed E-state index contributed by atoms with van der Waals surface area (Å²) < 4.78 is 0. The zero-order valence-corrected chi connectivity index (χ0v) is 7.45. The average Bonchev–Trinajstić information content (AvgIpc) is 2.18. The third-order valence-electron chi connectivity index (χ3n) is 0.966. The van der Waals surface area contributed by atoms with Crippen LogP contribution in [0.4, 0.5) is 0 Å². The van der Waals surface area contributed by atoms with Gasteiger partial charge in [-0.2, -0.15) is 11.8 Å². The molecule has 1 aromatic heterocycles. The van der Waals surface area contributed by atoms with Crippen molar-refractivity contribution < 1.29 is 0 Å². The minimum Gasteiger partial charge on any atom is -0.160 e. The Labute approximate surface area is 68.2 Å². The van der Waals surface area contributed by atoms with Gasteiger partial charge in [0, 0.05) is 10.6 Å². The Kier molecular flexibility index (Phi) is 2.89. The van der Waals surface area contributed by atoms with Gasteiger partial charge in [0.1, 0.15) is 0 Å². The Morgan fingerprint density at radius 1 is 1.78 bits per heavy atom. The molecule has 0 spiro atoms. The summed E-state index contributed by atoms with van der Waals surface area (Å²) in [5.41, 5.74) is 0. The normalized spacial score (nSPS) is 10.0. The highest BCUT2D eigenvalue weighted by Gasteiger charge is 1.97. The molecule has 1 aromatic rings. The fraction of sp³-hybridized carbons (Fsp3) is 0.333. The second-order valence-electron chi connectivity index (χ2n) is 1.62. The third-order valence-corrected chi connectivity index (χ3v) is 3.11. The van der Waals surface area contributed by atoms with Crippen LogP contribution in [0.15, 0.2) is 11.4 Å². The quantitative estimate of drug-likeness (QED) is 0.670. The highest BCUT2D eigenvalue weighted by molar-refractivity contribution is 7.97. The Morgan fingerprint density at radius 2 is 2.56 bits per heavy atom. The van der Waals surface area contributed by atoms with Gasteiger partial charge in [0.2, 0.25) is 0 Å². The van der Waals surface area contributed by atoms with Crippen molar-refractivity contribution in [2.75, 3.05) is 6.26 Å². The van der Waals surface area contributed by atoms with Gasteiger partial charge in [-0.15, -0.1) is 11.3 Å². The Hall–Kier alpha value is 0.340. The van der Waals surface area contributed by atoms with Crippen LogP contribution < -0.4 is 0 Å². The van der Waals surface area contributed by atoms with E-state index in [0.29, 0.717) is 0 Å². The Balaban J connectivity index is 2.69. The predicted octanol–water partition coefficient (Wildman–Crippen LogP) is 3.26. The third kappa shape index (κ3) is 1.88. The molecular formula is C6H7ClS2. The lowest BCUT2D eigenvalue weighted by molar-refractivity contribution is 1.55. The molecule has 1 rings (SSSR count). The van der Waals surface area contributed by atoms with E-state index in [1.165, 1.54) is 4.88 Å². The van der Waals surface area contributed by atoms with Crippen LogP contribution in [0.25, 0.3) is 0 Å². The van der Waals surface area contributed by atoms with E-state index in [4.69, 9.17) is 11.6 Å². The molecule has 0 saturated heterocycles. The van der Waals surface area contributed by atoms with E-state index in [0.717, 1.165) is 10.8 Å². The van der Waals surface area contributed by atoms with Crippen molar-refractivity contribution in [3.63, 3.8) is 0 Å². The summed E-state index contributed by atoms with van der Waals surface area (Å²) in [4.78, 5) is 1.28. The first-order valence-corrected chi connectivity index (χ1v) is 5.20. The summed E-state index contributed by atoms with van der Waals surface area (Å²) in [7, 11) is 0. The van der Waals surface area contributed by atoms with Crippen molar-refractivity contribution in [2.45, 2.75) is 5.75 Å². The lowest BCUT2D eigenvalue weighted by Crippen LogP contribution is -1.69. The van der Waals surface area contributed by atoms with Crippen molar-refractivity contribution in [2.24, 2.45) is 0 Å². The van der Waals surface area contributed by atoms with Crippen LogP contribution in [0.1, 0.15) is 4.88 Å². The summed E-state index contributed by atoms with van der Waals surface area (Å²) in [6.07, 6.45) is 2.08. The first kappa shape index (κ1) is 7.45. The van der Waals surface area contributed by atoms with Crippen LogP contribution in [-0.4, -0.2) is 6.26 Å². The fourth-order valence-electron chi connectivity index (χ4n) is 0.559. The van der Waals surface area contributed by atoms with E-state index in [1.807, 2.05) is 11.4 Å². The van der Waals surface area contributed by atoms with E-state index < -0.39 is 0 Å². The molecule has 0 fully saturated rings. The van der Waals surface area contributed by atoms with Crippen LogP contribution in [0.3, 0.4) is 0 Å². The highest BCUT2D eigenvalue weighted by Crippen LogP contribution is 2.25. The van der Waals surface area contributed by atoms with Gasteiger partial charge in [-0.25, -0.2) is 0 Å². The van der Waals surface area contributed by atoms with Crippen molar-refractivity contribution in [1.29, 1.82) is 0 Å². The molecule has 0 saturated carbocycles. The summed E-state index contributed by atoms with van der Waals surface area (Å²) >= 11 is 9.34. The fourth-order valence-corrected chi connectivity index (χ4v) is 2.57. The van der Waals surface area contributed by atoms with Gasteiger partial charge in [0.15, 0.2) is 0 Å². The zero-order valence-electron chi connectivity index (χ0n) is 5.06. The monoisotopic (exact) mass is 178 g/mol. The van der Waals surface area contributed by atoms with Gasteiger partial charge in [-0.3, -0.25) is 0 Å². The second kappa shape index (κ2) is 3.49. The minimum atomic E-state index is 0.911. The summed E-state index contributed by atoms with van der Waals surface area (Å²) in [5, 5.41) is 2.93. The van der Waals surface area contributed by atoms with Crippen LogP contribution in [0.5, 0.6) is 0 Å². The smallest absolute Gasteiger partial charge is 0.0553 e. The first-order chi connectivity index (χ1) is 4.34. The van der Waals surface area contributed by atoms with Gasteiger partial charge in [0.25, 0.3) is 0 Å². The number of rotatable bonds is 2. The van der Waals surface area contributed by atoms with E-state index in [2.05, 4.69) is 6.26 Å². The zero-order chi connectivity index (χ0) is 6.69. The van der Waals surface area contributed by atoms with Crippen molar-refractivity contribution in [3.05, 3.63) is 21.3 Å². The van der Waals surface area contributed by atoms with Gasteiger partial charge < -0.3 is 0 Å². The maximum atomic E-state index is 5.82. The summed E-state index contributed by atoms with van der Waals surface area (Å²) in [5.74, 6) is 1.04.